The minimum absolute atomic E-state index is 0.612. The van der Waals surface area contributed by atoms with Crippen molar-refractivity contribution in [1.82, 2.24) is 9.88 Å². The Bertz CT molecular complexity index is 380. The third kappa shape index (κ3) is 3.22. The van der Waals surface area contributed by atoms with Crippen LogP contribution in [0.2, 0.25) is 0 Å². The molecule has 0 bridgehead atoms. The van der Waals surface area contributed by atoms with E-state index in [1.807, 2.05) is 0 Å². The number of aromatic nitrogens is 1. The molecule has 1 aromatic heterocycles. The first-order valence-electron chi connectivity index (χ1n) is 6.66. The second-order valence-electron chi connectivity index (χ2n) is 5.40. The van der Waals surface area contributed by atoms with E-state index in [0.29, 0.717) is 6.54 Å². The van der Waals surface area contributed by atoms with Gasteiger partial charge in [-0.25, -0.2) is 4.98 Å². The van der Waals surface area contributed by atoms with Gasteiger partial charge in [-0.3, -0.25) is 0 Å². The minimum atomic E-state index is 0.612. The highest BCUT2D eigenvalue weighted by molar-refractivity contribution is 7.15. The van der Waals surface area contributed by atoms with Gasteiger partial charge in [-0.05, 0) is 39.8 Å². The van der Waals surface area contributed by atoms with E-state index >= 15 is 0 Å². The van der Waals surface area contributed by atoms with Crippen molar-refractivity contribution in [3.8, 4) is 0 Å². The van der Waals surface area contributed by atoms with Crippen LogP contribution in [-0.4, -0.2) is 43.6 Å². The van der Waals surface area contributed by atoms with E-state index in [4.69, 9.17) is 5.73 Å². The molecule has 0 atom stereocenters. The van der Waals surface area contributed by atoms with Gasteiger partial charge in [-0.15, -0.1) is 11.3 Å². The molecule has 0 aliphatic carbocycles. The number of rotatable bonds is 4. The molecule has 2 N–H and O–H groups in total. The summed E-state index contributed by atoms with van der Waals surface area (Å²) in [7, 11) is 4.31. The Morgan fingerprint density at radius 1 is 1.39 bits per heavy atom. The van der Waals surface area contributed by atoms with Crippen molar-refractivity contribution < 1.29 is 0 Å². The van der Waals surface area contributed by atoms with Crippen molar-refractivity contribution >= 4 is 16.5 Å². The third-order valence-corrected chi connectivity index (χ3v) is 4.82. The first kappa shape index (κ1) is 13.8. The van der Waals surface area contributed by atoms with Gasteiger partial charge >= 0.3 is 0 Å². The highest BCUT2D eigenvalue weighted by atomic mass is 32.1. The molecule has 1 saturated heterocycles. The number of thiazole rings is 1. The molecule has 0 saturated carbocycles. The van der Waals surface area contributed by atoms with E-state index in [0.717, 1.165) is 29.8 Å². The molecule has 5 heteroatoms. The summed E-state index contributed by atoms with van der Waals surface area (Å²) >= 11 is 1.76. The van der Waals surface area contributed by atoms with Gasteiger partial charge in [0.15, 0.2) is 5.13 Å². The number of piperidine rings is 1. The Morgan fingerprint density at radius 3 is 2.56 bits per heavy atom. The number of anilines is 1. The van der Waals surface area contributed by atoms with Crippen LogP contribution in [0, 0.1) is 12.8 Å². The van der Waals surface area contributed by atoms with Gasteiger partial charge in [0.05, 0.1) is 5.69 Å². The smallest absolute Gasteiger partial charge is 0.185 e. The zero-order valence-electron chi connectivity index (χ0n) is 11.6. The third-order valence-electron chi connectivity index (χ3n) is 3.58. The van der Waals surface area contributed by atoms with Gasteiger partial charge in [-0.2, -0.15) is 0 Å². The van der Waals surface area contributed by atoms with Gasteiger partial charge in [-0.1, -0.05) is 0 Å². The van der Waals surface area contributed by atoms with Crippen molar-refractivity contribution in [3.63, 3.8) is 0 Å². The van der Waals surface area contributed by atoms with Gasteiger partial charge in [0.25, 0.3) is 0 Å². The van der Waals surface area contributed by atoms with E-state index < -0.39 is 0 Å². The maximum Gasteiger partial charge on any atom is 0.185 e. The SMILES string of the molecule is Cc1nc(N2CCC(CN(C)C)CC2)sc1CN. The highest BCUT2D eigenvalue weighted by Gasteiger charge is 2.22. The van der Waals surface area contributed by atoms with Crippen LogP contribution in [0.1, 0.15) is 23.4 Å². The van der Waals surface area contributed by atoms with E-state index in [1.165, 1.54) is 24.3 Å². The van der Waals surface area contributed by atoms with Gasteiger partial charge in [0.2, 0.25) is 0 Å². The van der Waals surface area contributed by atoms with Gasteiger partial charge in [0.1, 0.15) is 0 Å². The molecule has 0 aromatic carbocycles. The summed E-state index contributed by atoms with van der Waals surface area (Å²) in [4.78, 5) is 10.6. The average Bonchev–Trinajstić information content (AvgIpc) is 2.71. The summed E-state index contributed by atoms with van der Waals surface area (Å²) in [6.07, 6.45) is 2.55. The topological polar surface area (TPSA) is 45.4 Å². The molecule has 102 valence electrons. The van der Waals surface area contributed by atoms with Crippen molar-refractivity contribution in [2.24, 2.45) is 11.7 Å². The summed E-state index contributed by atoms with van der Waals surface area (Å²) in [5, 5.41) is 1.16. The fourth-order valence-corrected chi connectivity index (χ4v) is 3.55. The summed E-state index contributed by atoms with van der Waals surface area (Å²) in [5.74, 6) is 0.839. The fraction of sp³-hybridized carbons (Fsp3) is 0.769. The molecule has 1 aliphatic rings. The monoisotopic (exact) mass is 268 g/mol. The normalized spacial score (nSPS) is 17.7. The highest BCUT2D eigenvalue weighted by Crippen LogP contribution is 2.29. The van der Waals surface area contributed by atoms with Crippen molar-refractivity contribution in [1.29, 1.82) is 0 Å². The molecule has 0 spiro atoms. The lowest BCUT2D eigenvalue weighted by atomic mass is 9.97. The Kier molecular flexibility index (Phi) is 4.59. The lowest BCUT2D eigenvalue weighted by Crippen LogP contribution is -2.37. The molecule has 0 radical (unpaired) electrons. The molecule has 18 heavy (non-hydrogen) atoms. The molecule has 2 heterocycles. The van der Waals surface area contributed by atoms with Crippen LogP contribution in [0.3, 0.4) is 0 Å². The maximum absolute atomic E-state index is 5.72. The Labute approximate surface area is 114 Å². The predicted molar refractivity (Wildman–Crippen MR) is 78.2 cm³/mol. The zero-order valence-corrected chi connectivity index (χ0v) is 12.5. The first-order valence-corrected chi connectivity index (χ1v) is 7.48. The molecular weight excluding hydrogens is 244 g/mol. The second kappa shape index (κ2) is 5.99. The number of aryl methyl sites for hydroxylation is 1. The molecule has 0 amide bonds. The quantitative estimate of drug-likeness (QED) is 0.902. The number of hydrogen-bond donors (Lipinski definition) is 1. The molecule has 0 unspecified atom stereocenters. The lowest BCUT2D eigenvalue weighted by molar-refractivity contribution is 0.285. The Morgan fingerprint density at radius 2 is 2.06 bits per heavy atom. The molecule has 1 aromatic rings. The van der Waals surface area contributed by atoms with Crippen molar-refractivity contribution in [2.75, 3.05) is 38.6 Å². The Hall–Kier alpha value is -0.650. The number of nitrogens with zero attached hydrogens (tertiary/aromatic N) is 3. The maximum atomic E-state index is 5.72. The largest absolute Gasteiger partial charge is 0.348 e. The number of hydrogen-bond acceptors (Lipinski definition) is 5. The molecule has 1 aliphatic heterocycles. The molecular formula is C13H24N4S. The summed E-state index contributed by atoms with van der Waals surface area (Å²) in [6, 6.07) is 0. The summed E-state index contributed by atoms with van der Waals surface area (Å²) < 4.78 is 0. The van der Waals surface area contributed by atoms with E-state index in [-0.39, 0.29) is 0 Å². The van der Waals surface area contributed by atoms with E-state index in [9.17, 15) is 0 Å². The second-order valence-corrected chi connectivity index (χ2v) is 6.46. The first-order chi connectivity index (χ1) is 8.60. The van der Waals surface area contributed by atoms with Crippen LogP contribution in [0.15, 0.2) is 0 Å². The summed E-state index contributed by atoms with van der Waals surface area (Å²) in [6.45, 7) is 6.14. The van der Waals surface area contributed by atoms with Crippen LogP contribution in [0.5, 0.6) is 0 Å². The molecule has 4 nitrogen and oxygen atoms in total. The average molecular weight is 268 g/mol. The van der Waals surface area contributed by atoms with Crippen molar-refractivity contribution in [3.05, 3.63) is 10.6 Å². The van der Waals surface area contributed by atoms with Crippen LogP contribution >= 0.6 is 11.3 Å². The minimum Gasteiger partial charge on any atom is -0.348 e. The van der Waals surface area contributed by atoms with Crippen LogP contribution in [0.4, 0.5) is 5.13 Å². The van der Waals surface area contributed by atoms with Crippen LogP contribution in [0.25, 0.3) is 0 Å². The fourth-order valence-electron chi connectivity index (χ4n) is 2.56. The zero-order chi connectivity index (χ0) is 13.1. The van der Waals surface area contributed by atoms with E-state index in [1.54, 1.807) is 11.3 Å². The van der Waals surface area contributed by atoms with Crippen molar-refractivity contribution in [2.45, 2.75) is 26.3 Å². The van der Waals surface area contributed by atoms with Crippen LogP contribution < -0.4 is 10.6 Å². The Balaban J connectivity index is 1.92. The van der Waals surface area contributed by atoms with Crippen LogP contribution in [-0.2, 0) is 6.54 Å². The number of nitrogens with two attached hydrogens (primary N) is 1. The molecule has 1 fully saturated rings. The predicted octanol–water partition coefficient (Wildman–Crippen LogP) is 1.69. The summed E-state index contributed by atoms with van der Waals surface area (Å²) in [5.41, 5.74) is 6.82. The standard InChI is InChI=1S/C13H24N4S/c1-10-12(8-14)18-13(15-10)17-6-4-11(5-7-17)9-16(2)3/h11H,4-9,14H2,1-3H3. The molecule has 2 rings (SSSR count). The van der Waals surface area contributed by atoms with Gasteiger partial charge < -0.3 is 15.5 Å². The van der Waals surface area contributed by atoms with E-state index in [2.05, 4.69) is 35.8 Å². The lowest BCUT2D eigenvalue weighted by Gasteiger charge is -2.33. The van der Waals surface area contributed by atoms with Gasteiger partial charge in [0, 0.05) is 31.1 Å².